The number of benzene rings is 2. The van der Waals surface area contributed by atoms with Gasteiger partial charge in [0.1, 0.15) is 12.4 Å². The Morgan fingerprint density at radius 2 is 2.04 bits per heavy atom. The molecule has 3 aromatic rings. The third-order valence-corrected chi connectivity index (χ3v) is 5.93. The number of hydrogen-bond acceptors (Lipinski definition) is 3. The van der Waals surface area contributed by atoms with Crippen LogP contribution in [0.5, 0.6) is 5.75 Å². The summed E-state index contributed by atoms with van der Waals surface area (Å²) in [5, 5.41) is 12.9. The second-order valence-electron chi connectivity index (χ2n) is 7.98. The highest BCUT2D eigenvalue weighted by Gasteiger charge is 2.31. The van der Waals surface area contributed by atoms with E-state index in [1.54, 1.807) is 0 Å². The molecule has 0 spiro atoms. The number of nitrogens with zero attached hydrogens (tertiary/aromatic N) is 1. The van der Waals surface area contributed by atoms with Crippen LogP contribution in [0.2, 0.25) is 5.02 Å². The molecule has 0 unspecified atom stereocenters. The number of aromatic nitrogens is 1. The Morgan fingerprint density at radius 1 is 1.14 bits per heavy atom. The molecule has 5 heteroatoms. The zero-order valence-electron chi connectivity index (χ0n) is 16.2. The molecule has 4 rings (SSSR count). The molecule has 148 valence electrons. The van der Waals surface area contributed by atoms with Crippen LogP contribution in [0.3, 0.4) is 0 Å². The molecule has 2 heterocycles. The normalized spacial score (nSPS) is 21.0. The van der Waals surface area contributed by atoms with Crippen molar-refractivity contribution in [2.45, 2.75) is 38.3 Å². The topological polar surface area (TPSA) is 48.5 Å². The lowest BCUT2D eigenvalue weighted by molar-refractivity contribution is -0.0168. The van der Waals surface area contributed by atoms with Crippen molar-refractivity contribution in [2.24, 2.45) is 0 Å². The van der Waals surface area contributed by atoms with Gasteiger partial charge in [-0.25, -0.2) is 0 Å². The standard InChI is InChI=1S/C23H27ClN2O2/c1-17-3-5-20(24)22(13-17)28-16-23(27)8-2-11-26(12-9-23)15-18-4-6-21-19(14-18)7-10-25-21/h3-7,10,13-14,25,27H,2,8-9,11-12,15-16H2,1H3/t23-/m0/s1. The van der Waals surface area contributed by atoms with Gasteiger partial charge in [0.15, 0.2) is 0 Å². The van der Waals surface area contributed by atoms with Crippen molar-refractivity contribution >= 4 is 22.5 Å². The SMILES string of the molecule is Cc1ccc(Cl)c(OC[C@]2(O)CCCN(Cc3ccc4[nH]ccc4c3)CC2)c1. The smallest absolute Gasteiger partial charge is 0.138 e. The Hall–Kier alpha value is -2.01. The number of aromatic amines is 1. The van der Waals surface area contributed by atoms with E-state index in [4.69, 9.17) is 16.3 Å². The molecule has 28 heavy (non-hydrogen) atoms. The number of halogens is 1. The van der Waals surface area contributed by atoms with Crippen molar-refractivity contribution in [1.82, 2.24) is 9.88 Å². The van der Waals surface area contributed by atoms with Crippen LogP contribution in [-0.2, 0) is 6.54 Å². The number of aryl methyl sites for hydroxylation is 1. The van der Waals surface area contributed by atoms with Gasteiger partial charge in [0, 0.05) is 24.8 Å². The quantitative estimate of drug-likeness (QED) is 0.640. The van der Waals surface area contributed by atoms with Crippen LogP contribution in [0, 0.1) is 6.92 Å². The summed E-state index contributed by atoms with van der Waals surface area (Å²) in [6.45, 7) is 5.03. The second-order valence-corrected chi connectivity index (χ2v) is 8.38. The number of ether oxygens (including phenoxy) is 1. The van der Waals surface area contributed by atoms with Crippen LogP contribution in [0.15, 0.2) is 48.7 Å². The van der Waals surface area contributed by atoms with Gasteiger partial charge >= 0.3 is 0 Å². The number of likely N-dealkylation sites (tertiary alicyclic amines) is 1. The third-order valence-electron chi connectivity index (χ3n) is 5.62. The van der Waals surface area contributed by atoms with E-state index in [0.717, 1.165) is 38.0 Å². The van der Waals surface area contributed by atoms with E-state index in [2.05, 4.69) is 34.1 Å². The minimum Gasteiger partial charge on any atom is -0.489 e. The van der Waals surface area contributed by atoms with Crippen molar-refractivity contribution in [1.29, 1.82) is 0 Å². The van der Waals surface area contributed by atoms with Gasteiger partial charge in [0.25, 0.3) is 0 Å². The molecule has 0 saturated carbocycles. The van der Waals surface area contributed by atoms with E-state index in [-0.39, 0.29) is 6.61 Å². The molecule has 0 bridgehead atoms. The molecule has 1 aromatic heterocycles. The molecule has 1 saturated heterocycles. The lowest BCUT2D eigenvalue weighted by Gasteiger charge is -2.27. The average Bonchev–Trinajstić information content (AvgIpc) is 3.07. The number of nitrogens with one attached hydrogen (secondary N) is 1. The summed E-state index contributed by atoms with van der Waals surface area (Å²) in [6.07, 6.45) is 4.36. The number of H-pyrrole nitrogens is 1. The lowest BCUT2D eigenvalue weighted by atomic mass is 9.96. The summed E-state index contributed by atoms with van der Waals surface area (Å²) in [6, 6.07) is 14.4. The molecular weight excluding hydrogens is 372 g/mol. The maximum atomic E-state index is 11.1. The average molecular weight is 399 g/mol. The zero-order chi connectivity index (χ0) is 19.6. The Morgan fingerprint density at radius 3 is 2.93 bits per heavy atom. The van der Waals surface area contributed by atoms with Gasteiger partial charge in [-0.3, -0.25) is 4.90 Å². The fourth-order valence-corrected chi connectivity index (χ4v) is 4.10. The van der Waals surface area contributed by atoms with Crippen molar-refractivity contribution < 1.29 is 9.84 Å². The molecule has 4 nitrogen and oxygen atoms in total. The number of hydrogen-bond donors (Lipinski definition) is 2. The van der Waals surface area contributed by atoms with Crippen LogP contribution < -0.4 is 4.74 Å². The summed E-state index contributed by atoms with van der Waals surface area (Å²) in [7, 11) is 0. The van der Waals surface area contributed by atoms with Gasteiger partial charge in [-0.05, 0) is 79.6 Å². The predicted molar refractivity (Wildman–Crippen MR) is 114 cm³/mol. The van der Waals surface area contributed by atoms with Gasteiger partial charge in [-0.15, -0.1) is 0 Å². The van der Waals surface area contributed by atoms with Crippen LogP contribution in [-0.4, -0.2) is 40.3 Å². The molecule has 1 fully saturated rings. The van der Waals surface area contributed by atoms with E-state index in [1.807, 2.05) is 31.3 Å². The van der Waals surface area contributed by atoms with Crippen molar-refractivity contribution in [3.8, 4) is 5.75 Å². The summed E-state index contributed by atoms with van der Waals surface area (Å²) >= 11 is 6.22. The summed E-state index contributed by atoms with van der Waals surface area (Å²) in [5.41, 5.74) is 2.76. The molecule has 0 radical (unpaired) electrons. The summed E-state index contributed by atoms with van der Waals surface area (Å²) in [5.74, 6) is 0.649. The third kappa shape index (κ3) is 4.52. The van der Waals surface area contributed by atoms with E-state index in [1.165, 1.54) is 16.5 Å². The van der Waals surface area contributed by atoms with E-state index < -0.39 is 5.60 Å². The highest BCUT2D eigenvalue weighted by molar-refractivity contribution is 6.32. The summed E-state index contributed by atoms with van der Waals surface area (Å²) < 4.78 is 5.90. The number of fused-ring (bicyclic) bond motifs is 1. The van der Waals surface area contributed by atoms with Crippen LogP contribution >= 0.6 is 11.6 Å². The van der Waals surface area contributed by atoms with Crippen molar-refractivity contribution in [3.63, 3.8) is 0 Å². The minimum atomic E-state index is -0.813. The van der Waals surface area contributed by atoms with Gasteiger partial charge in [0.05, 0.1) is 10.6 Å². The van der Waals surface area contributed by atoms with Gasteiger partial charge < -0.3 is 14.8 Å². The predicted octanol–water partition coefficient (Wildman–Crippen LogP) is 4.93. The first kappa shape index (κ1) is 19.3. The minimum absolute atomic E-state index is 0.277. The Kier molecular flexibility index (Phi) is 5.63. The number of aliphatic hydroxyl groups is 1. The number of rotatable bonds is 5. The van der Waals surface area contributed by atoms with Crippen LogP contribution in [0.25, 0.3) is 10.9 Å². The van der Waals surface area contributed by atoms with E-state index in [9.17, 15) is 5.11 Å². The maximum Gasteiger partial charge on any atom is 0.138 e. The van der Waals surface area contributed by atoms with E-state index in [0.29, 0.717) is 17.2 Å². The molecule has 1 aliphatic rings. The maximum absolute atomic E-state index is 11.1. The highest BCUT2D eigenvalue weighted by Crippen LogP contribution is 2.29. The molecule has 1 aliphatic heterocycles. The van der Waals surface area contributed by atoms with Gasteiger partial charge in [0.2, 0.25) is 0 Å². The van der Waals surface area contributed by atoms with Gasteiger partial charge in [-0.2, -0.15) is 0 Å². The summed E-state index contributed by atoms with van der Waals surface area (Å²) in [4.78, 5) is 5.66. The second kappa shape index (κ2) is 8.16. The van der Waals surface area contributed by atoms with Crippen molar-refractivity contribution in [2.75, 3.05) is 19.7 Å². The Balaban J connectivity index is 1.36. The monoisotopic (exact) mass is 398 g/mol. The van der Waals surface area contributed by atoms with Gasteiger partial charge in [-0.1, -0.05) is 23.7 Å². The molecule has 0 amide bonds. The zero-order valence-corrected chi connectivity index (χ0v) is 17.0. The molecule has 0 aliphatic carbocycles. The Labute approximate surface area is 171 Å². The Bertz CT molecular complexity index is 955. The molecule has 2 aromatic carbocycles. The molecule has 1 atom stereocenters. The molecule has 2 N–H and O–H groups in total. The fourth-order valence-electron chi connectivity index (χ4n) is 3.93. The first-order valence-corrected chi connectivity index (χ1v) is 10.3. The highest BCUT2D eigenvalue weighted by atomic mass is 35.5. The fraction of sp³-hybridized carbons (Fsp3) is 0.391. The molecular formula is C23H27ClN2O2. The largest absolute Gasteiger partial charge is 0.489 e. The van der Waals surface area contributed by atoms with Crippen LogP contribution in [0.4, 0.5) is 0 Å². The lowest BCUT2D eigenvalue weighted by Crippen LogP contribution is -2.37. The van der Waals surface area contributed by atoms with E-state index >= 15 is 0 Å². The van der Waals surface area contributed by atoms with Crippen molar-refractivity contribution in [3.05, 3.63) is 64.8 Å². The first-order chi connectivity index (χ1) is 13.5. The first-order valence-electron chi connectivity index (χ1n) is 9.91. The van der Waals surface area contributed by atoms with Crippen LogP contribution in [0.1, 0.15) is 30.4 Å².